The fourth-order valence-electron chi connectivity index (χ4n) is 2.14. The Hall–Kier alpha value is -1.13. The molecule has 88 valence electrons. The molecular formula is C12H19N3O. The lowest BCUT2D eigenvalue weighted by Crippen LogP contribution is -2.29. The van der Waals surface area contributed by atoms with Crippen LogP contribution in [-0.2, 0) is 11.3 Å². The molecule has 1 atom stereocenters. The van der Waals surface area contributed by atoms with Crippen LogP contribution in [-0.4, -0.2) is 31.3 Å². The maximum Gasteiger partial charge on any atom is 0.0750 e. The van der Waals surface area contributed by atoms with E-state index in [2.05, 4.69) is 16.9 Å². The number of nitrogens with zero attached hydrogens (tertiary/aromatic N) is 2. The lowest BCUT2D eigenvalue weighted by molar-refractivity contribution is 0.116. The van der Waals surface area contributed by atoms with Gasteiger partial charge in [-0.2, -0.15) is 0 Å². The molecular weight excluding hydrogens is 202 g/mol. The predicted octanol–water partition coefficient (Wildman–Crippen LogP) is 1.16. The summed E-state index contributed by atoms with van der Waals surface area (Å²) in [6, 6.07) is 2.01. The lowest BCUT2D eigenvalue weighted by atomic mass is 10.2. The van der Waals surface area contributed by atoms with Crippen LogP contribution in [0.4, 0.5) is 5.69 Å². The lowest BCUT2D eigenvalue weighted by Gasteiger charge is -2.24. The van der Waals surface area contributed by atoms with Crippen LogP contribution in [0.3, 0.4) is 0 Å². The first-order valence-corrected chi connectivity index (χ1v) is 5.77. The van der Waals surface area contributed by atoms with Gasteiger partial charge in [0.05, 0.1) is 6.10 Å². The van der Waals surface area contributed by atoms with Crippen LogP contribution < -0.4 is 10.6 Å². The fourth-order valence-corrected chi connectivity index (χ4v) is 2.14. The SMILES string of the molecule is CN(CC1CCCO1)c1ccncc1CN. The van der Waals surface area contributed by atoms with Gasteiger partial charge in [-0.3, -0.25) is 4.98 Å². The van der Waals surface area contributed by atoms with Gasteiger partial charge >= 0.3 is 0 Å². The van der Waals surface area contributed by atoms with Gasteiger partial charge < -0.3 is 15.4 Å². The second-order valence-electron chi connectivity index (χ2n) is 4.22. The fraction of sp³-hybridized carbons (Fsp3) is 0.583. The molecule has 0 bridgehead atoms. The molecule has 2 N–H and O–H groups in total. The van der Waals surface area contributed by atoms with Gasteiger partial charge in [0.2, 0.25) is 0 Å². The predicted molar refractivity (Wildman–Crippen MR) is 64.4 cm³/mol. The molecule has 0 saturated carbocycles. The Balaban J connectivity index is 2.04. The molecule has 4 heteroatoms. The van der Waals surface area contributed by atoms with Crippen LogP contribution in [0.25, 0.3) is 0 Å². The minimum Gasteiger partial charge on any atom is -0.376 e. The number of rotatable bonds is 4. The second kappa shape index (κ2) is 5.27. The van der Waals surface area contributed by atoms with Crippen molar-refractivity contribution in [1.29, 1.82) is 0 Å². The van der Waals surface area contributed by atoms with E-state index >= 15 is 0 Å². The molecule has 1 unspecified atom stereocenters. The molecule has 1 aromatic rings. The van der Waals surface area contributed by atoms with Crippen molar-refractivity contribution in [3.63, 3.8) is 0 Å². The summed E-state index contributed by atoms with van der Waals surface area (Å²) >= 11 is 0. The molecule has 1 aromatic heterocycles. The summed E-state index contributed by atoms with van der Waals surface area (Å²) in [6.07, 6.45) is 6.34. The number of anilines is 1. The van der Waals surface area contributed by atoms with Crippen molar-refractivity contribution < 1.29 is 4.74 Å². The van der Waals surface area contributed by atoms with Gasteiger partial charge in [-0.1, -0.05) is 0 Å². The quantitative estimate of drug-likeness (QED) is 0.829. The smallest absolute Gasteiger partial charge is 0.0750 e. The van der Waals surface area contributed by atoms with E-state index < -0.39 is 0 Å². The summed E-state index contributed by atoms with van der Waals surface area (Å²) in [7, 11) is 2.08. The Morgan fingerprint density at radius 1 is 1.62 bits per heavy atom. The topological polar surface area (TPSA) is 51.4 Å². The van der Waals surface area contributed by atoms with E-state index in [0.717, 1.165) is 30.8 Å². The van der Waals surface area contributed by atoms with Gasteiger partial charge in [0, 0.05) is 50.4 Å². The Labute approximate surface area is 96.4 Å². The van der Waals surface area contributed by atoms with Crippen molar-refractivity contribution in [1.82, 2.24) is 4.98 Å². The Kier molecular flexibility index (Phi) is 3.74. The molecule has 1 saturated heterocycles. The highest BCUT2D eigenvalue weighted by molar-refractivity contribution is 5.51. The third-order valence-electron chi connectivity index (χ3n) is 3.01. The molecule has 16 heavy (non-hydrogen) atoms. The van der Waals surface area contributed by atoms with Crippen LogP contribution in [0.15, 0.2) is 18.5 Å². The summed E-state index contributed by atoms with van der Waals surface area (Å²) in [6.45, 7) is 2.36. The van der Waals surface area contributed by atoms with Crippen LogP contribution in [0.1, 0.15) is 18.4 Å². The van der Waals surface area contributed by atoms with Crippen LogP contribution in [0.5, 0.6) is 0 Å². The summed E-state index contributed by atoms with van der Waals surface area (Å²) in [5.74, 6) is 0. The van der Waals surface area contributed by atoms with E-state index in [9.17, 15) is 0 Å². The molecule has 0 aliphatic carbocycles. The summed E-state index contributed by atoms with van der Waals surface area (Å²) < 4.78 is 5.63. The standard InChI is InChI=1S/C12H19N3O/c1-15(9-11-3-2-6-16-11)12-4-5-14-8-10(12)7-13/h4-5,8,11H,2-3,6-7,9,13H2,1H3. The van der Waals surface area contributed by atoms with Crippen LogP contribution in [0, 0.1) is 0 Å². The third kappa shape index (κ3) is 2.51. The highest BCUT2D eigenvalue weighted by Gasteiger charge is 2.18. The Morgan fingerprint density at radius 3 is 3.19 bits per heavy atom. The van der Waals surface area contributed by atoms with Gasteiger partial charge in [0.1, 0.15) is 0 Å². The van der Waals surface area contributed by atoms with E-state index in [1.165, 1.54) is 6.42 Å². The summed E-state index contributed by atoms with van der Waals surface area (Å²) in [5, 5.41) is 0. The maximum absolute atomic E-state index is 5.70. The van der Waals surface area contributed by atoms with Crippen molar-refractivity contribution in [2.45, 2.75) is 25.5 Å². The van der Waals surface area contributed by atoms with Gasteiger partial charge in [0.15, 0.2) is 0 Å². The number of aromatic nitrogens is 1. The number of pyridine rings is 1. The number of likely N-dealkylation sites (N-methyl/N-ethyl adjacent to an activating group) is 1. The minimum absolute atomic E-state index is 0.365. The van der Waals surface area contributed by atoms with Gasteiger partial charge in [0.25, 0.3) is 0 Å². The number of ether oxygens (including phenoxy) is 1. The Morgan fingerprint density at radius 2 is 2.50 bits per heavy atom. The first-order chi connectivity index (χ1) is 7.81. The van der Waals surface area contributed by atoms with Crippen LogP contribution in [0.2, 0.25) is 0 Å². The van der Waals surface area contributed by atoms with Crippen molar-refractivity contribution in [2.75, 3.05) is 25.1 Å². The van der Waals surface area contributed by atoms with Gasteiger partial charge in [-0.05, 0) is 18.9 Å². The molecule has 0 spiro atoms. The summed E-state index contributed by atoms with van der Waals surface area (Å²) in [4.78, 5) is 6.30. The first kappa shape index (κ1) is 11.4. The minimum atomic E-state index is 0.365. The van der Waals surface area contributed by atoms with Crippen molar-refractivity contribution in [3.8, 4) is 0 Å². The number of hydrogen-bond donors (Lipinski definition) is 1. The first-order valence-electron chi connectivity index (χ1n) is 5.77. The Bertz CT molecular complexity index is 337. The molecule has 2 heterocycles. The van der Waals surface area contributed by atoms with E-state index in [1.54, 1.807) is 6.20 Å². The highest BCUT2D eigenvalue weighted by atomic mass is 16.5. The molecule has 2 rings (SSSR count). The van der Waals surface area contributed by atoms with E-state index in [4.69, 9.17) is 10.5 Å². The van der Waals surface area contributed by atoms with Crippen molar-refractivity contribution >= 4 is 5.69 Å². The van der Waals surface area contributed by atoms with E-state index in [1.807, 2.05) is 12.3 Å². The molecule has 1 fully saturated rings. The molecule has 0 radical (unpaired) electrons. The van der Waals surface area contributed by atoms with Gasteiger partial charge in [-0.25, -0.2) is 0 Å². The summed E-state index contributed by atoms with van der Waals surface area (Å²) in [5.41, 5.74) is 7.94. The largest absolute Gasteiger partial charge is 0.376 e. The molecule has 1 aliphatic rings. The third-order valence-corrected chi connectivity index (χ3v) is 3.01. The van der Waals surface area contributed by atoms with Crippen LogP contribution >= 0.6 is 0 Å². The molecule has 0 aromatic carbocycles. The van der Waals surface area contributed by atoms with E-state index in [0.29, 0.717) is 12.6 Å². The number of hydrogen-bond acceptors (Lipinski definition) is 4. The maximum atomic E-state index is 5.70. The van der Waals surface area contributed by atoms with Gasteiger partial charge in [-0.15, -0.1) is 0 Å². The molecule has 0 amide bonds. The normalized spacial score (nSPS) is 20.0. The van der Waals surface area contributed by atoms with E-state index in [-0.39, 0.29) is 0 Å². The highest BCUT2D eigenvalue weighted by Crippen LogP contribution is 2.20. The monoisotopic (exact) mass is 221 g/mol. The zero-order valence-electron chi connectivity index (χ0n) is 9.72. The van der Waals surface area contributed by atoms with Crippen molar-refractivity contribution in [3.05, 3.63) is 24.0 Å². The van der Waals surface area contributed by atoms with Crippen molar-refractivity contribution in [2.24, 2.45) is 5.73 Å². The average molecular weight is 221 g/mol. The average Bonchev–Trinajstić information content (AvgIpc) is 2.81. The molecule has 1 aliphatic heterocycles. The second-order valence-corrected chi connectivity index (χ2v) is 4.22. The number of nitrogens with two attached hydrogens (primary N) is 1. The molecule has 4 nitrogen and oxygen atoms in total. The zero-order chi connectivity index (χ0) is 11.4. The zero-order valence-corrected chi connectivity index (χ0v) is 9.72.